The second-order valence-corrected chi connectivity index (χ2v) is 6.81. The lowest BCUT2D eigenvalue weighted by Crippen LogP contribution is -2.21. The maximum absolute atomic E-state index is 12.3. The zero-order chi connectivity index (χ0) is 18.4. The van der Waals surface area contributed by atoms with Crippen LogP contribution in [0, 0.1) is 0 Å². The molecule has 4 nitrogen and oxygen atoms in total. The van der Waals surface area contributed by atoms with Crippen molar-refractivity contribution in [3.63, 3.8) is 0 Å². The first kappa shape index (κ1) is 18.1. The van der Waals surface area contributed by atoms with Crippen molar-refractivity contribution in [1.82, 2.24) is 4.98 Å². The molecule has 1 aromatic heterocycles. The van der Waals surface area contributed by atoms with Gasteiger partial charge < -0.3 is 10.2 Å². The molecule has 5 heteroatoms. The van der Waals surface area contributed by atoms with Crippen molar-refractivity contribution in [3.05, 3.63) is 65.7 Å². The molecule has 3 aromatic rings. The highest BCUT2D eigenvalue weighted by Gasteiger charge is 2.10. The number of aromatic nitrogens is 1. The average molecular weight is 366 g/mol. The third-order valence-electron chi connectivity index (χ3n) is 4.19. The van der Waals surface area contributed by atoms with Gasteiger partial charge in [0.15, 0.2) is 0 Å². The fourth-order valence-corrected chi connectivity index (χ4v) is 3.64. The molecular formula is C21H23N3OS. The zero-order valence-corrected chi connectivity index (χ0v) is 15.9. The third-order valence-corrected chi connectivity index (χ3v) is 5.13. The maximum atomic E-state index is 12.3. The van der Waals surface area contributed by atoms with Gasteiger partial charge in [0.05, 0.1) is 12.1 Å². The molecule has 0 saturated heterocycles. The number of thiazole rings is 1. The van der Waals surface area contributed by atoms with Gasteiger partial charge in [-0.3, -0.25) is 4.79 Å². The van der Waals surface area contributed by atoms with Crippen molar-refractivity contribution in [2.45, 2.75) is 20.3 Å². The normalized spacial score (nSPS) is 10.5. The number of nitrogens with one attached hydrogen (secondary N) is 1. The van der Waals surface area contributed by atoms with Crippen LogP contribution >= 0.6 is 11.3 Å². The molecule has 26 heavy (non-hydrogen) atoms. The van der Waals surface area contributed by atoms with Crippen molar-refractivity contribution in [2.24, 2.45) is 0 Å². The molecule has 0 spiro atoms. The third kappa shape index (κ3) is 4.49. The topological polar surface area (TPSA) is 45.2 Å². The molecule has 0 aliphatic carbocycles. The largest absolute Gasteiger partial charge is 0.372 e. The van der Waals surface area contributed by atoms with E-state index in [-0.39, 0.29) is 12.3 Å². The van der Waals surface area contributed by atoms with Crippen LogP contribution in [0.5, 0.6) is 0 Å². The van der Waals surface area contributed by atoms with Crippen LogP contribution in [0.1, 0.15) is 19.5 Å². The first-order valence-corrected chi connectivity index (χ1v) is 9.72. The lowest BCUT2D eigenvalue weighted by Gasteiger charge is -2.21. The Morgan fingerprint density at radius 3 is 2.38 bits per heavy atom. The molecule has 0 aliphatic rings. The monoisotopic (exact) mass is 365 g/mol. The van der Waals surface area contributed by atoms with Gasteiger partial charge in [0, 0.05) is 35.4 Å². The minimum absolute atomic E-state index is 0.0505. The summed E-state index contributed by atoms with van der Waals surface area (Å²) in [6.45, 7) is 6.21. The Kier molecular flexibility index (Phi) is 6.02. The fourth-order valence-electron chi connectivity index (χ4n) is 2.82. The molecule has 134 valence electrons. The molecule has 0 unspecified atom stereocenters. The Balaban J connectivity index is 1.60. The molecule has 0 saturated carbocycles. The van der Waals surface area contributed by atoms with E-state index >= 15 is 0 Å². The Bertz CT molecular complexity index is 839. The van der Waals surface area contributed by atoms with Crippen molar-refractivity contribution in [1.29, 1.82) is 0 Å². The van der Waals surface area contributed by atoms with Gasteiger partial charge in [-0.05, 0) is 38.1 Å². The smallest absolute Gasteiger partial charge is 0.230 e. The number of rotatable bonds is 7. The molecule has 0 bridgehead atoms. The predicted molar refractivity (Wildman–Crippen MR) is 110 cm³/mol. The summed E-state index contributed by atoms with van der Waals surface area (Å²) in [7, 11) is 0. The summed E-state index contributed by atoms with van der Waals surface area (Å²) in [5.74, 6) is -0.0505. The highest BCUT2D eigenvalue weighted by molar-refractivity contribution is 7.13. The van der Waals surface area contributed by atoms with E-state index in [9.17, 15) is 4.79 Å². The molecule has 0 radical (unpaired) electrons. The molecule has 1 heterocycles. The minimum Gasteiger partial charge on any atom is -0.372 e. The molecule has 3 rings (SSSR count). The molecule has 0 fully saturated rings. The van der Waals surface area contributed by atoms with E-state index in [0.717, 1.165) is 35.0 Å². The summed E-state index contributed by atoms with van der Waals surface area (Å²) in [5, 5.41) is 5.84. The Morgan fingerprint density at radius 1 is 1.04 bits per heavy atom. The molecule has 1 amide bonds. The molecule has 2 aromatic carbocycles. The average Bonchev–Trinajstić information content (AvgIpc) is 3.13. The van der Waals surface area contributed by atoms with Crippen molar-refractivity contribution in [2.75, 3.05) is 23.3 Å². The van der Waals surface area contributed by atoms with Gasteiger partial charge in [0.2, 0.25) is 5.91 Å². The number of nitrogens with zero attached hydrogens (tertiary/aromatic N) is 2. The van der Waals surface area contributed by atoms with Gasteiger partial charge in [-0.2, -0.15) is 0 Å². The van der Waals surface area contributed by atoms with E-state index in [4.69, 9.17) is 0 Å². The van der Waals surface area contributed by atoms with Crippen molar-refractivity contribution in [3.8, 4) is 10.6 Å². The van der Waals surface area contributed by atoms with Crippen LogP contribution in [0.2, 0.25) is 0 Å². The quantitative estimate of drug-likeness (QED) is 0.652. The van der Waals surface area contributed by atoms with Gasteiger partial charge >= 0.3 is 0 Å². The minimum atomic E-state index is -0.0505. The fraction of sp³-hybridized carbons (Fsp3) is 0.238. The van der Waals surface area contributed by atoms with E-state index in [1.807, 2.05) is 60.0 Å². The number of carbonyl (C=O) groups excluding carboxylic acids is 1. The first-order valence-electron chi connectivity index (χ1n) is 8.84. The van der Waals surface area contributed by atoms with Crippen LogP contribution < -0.4 is 10.2 Å². The summed E-state index contributed by atoms with van der Waals surface area (Å²) in [4.78, 5) is 19.1. The Morgan fingerprint density at radius 2 is 1.73 bits per heavy atom. The number of amides is 1. The van der Waals surface area contributed by atoms with Gasteiger partial charge in [-0.25, -0.2) is 4.98 Å². The first-order chi connectivity index (χ1) is 12.7. The van der Waals surface area contributed by atoms with Crippen LogP contribution in [0.15, 0.2) is 60.0 Å². The van der Waals surface area contributed by atoms with Gasteiger partial charge in [0.1, 0.15) is 5.01 Å². The molecule has 0 atom stereocenters. The summed E-state index contributed by atoms with van der Waals surface area (Å²) in [5.41, 5.74) is 3.85. The van der Waals surface area contributed by atoms with E-state index in [2.05, 4.69) is 29.0 Å². The van der Waals surface area contributed by atoms with Crippen LogP contribution in [0.3, 0.4) is 0 Å². The van der Waals surface area contributed by atoms with E-state index in [1.54, 1.807) is 11.3 Å². The van der Waals surface area contributed by atoms with Crippen LogP contribution in [-0.4, -0.2) is 24.0 Å². The van der Waals surface area contributed by atoms with Crippen molar-refractivity contribution >= 4 is 28.6 Å². The Hall–Kier alpha value is -2.66. The Labute approximate surface area is 158 Å². The van der Waals surface area contributed by atoms with Gasteiger partial charge in [0.25, 0.3) is 0 Å². The number of benzene rings is 2. The van der Waals surface area contributed by atoms with Crippen LogP contribution in [-0.2, 0) is 11.2 Å². The van der Waals surface area contributed by atoms with Gasteiger partial charge in [-0.1, -0.05) is 30.3 Å². The number of hydrogen-bond donors (Lipinski definition) is 1. The summed E-state index contributed by atoms with van der Waals surface area (Å²) < 4.78 is 0. The molecular weight excluding hydrogens is 342 g/mol. The van der Waals surface area contributed by atoms with E-state index < -0.39 is 0 Å². The summed E-state index contributed by atoms with van der Waals surface area (Å²) in [6, 6.07) is 18.0. The maximum Gasteiger partial charge on any atom is 0.230 e. The molecule has 0 aliphatic heterocycles. The number of carbonyl (C=O) groups is 1. The SMILES string of the molecule is CCN(CC)c1ccc(NC(=O)Cc2csc(-c3ccccc3)n2)cc1. The second kappa shape index (κ2) is 8.63. The van der Waals surface area contributed by atoms with Crippen LogP contribution in [0.4, 0.5) is 11.4 Å². The number of anilines is 2. The van der Waals surface area contributed by atoms with Gasteiger partial charge in [-0.15, -0.1) is 11.3 Å². The van der Waals surface area contributed by atoms with E-state index in [0.29, 0.717) is 0 Å². The highest BCUT2D eigenvalue weighted by atomic mass is 32.1. The predicted octanol–water partition coefficient (Wildman–Crippen LogP) is 4.84. The van der Waals surface area contributed by atoms with Crippen molar-refractivity contribution < 1.29 is 4.79 Å². The zero-order valence-electron chi connectivity index (χ0n) is 15.1. The number of hydrogen-bond acceptors (Lipinski definition) is 4. The lowest BCUT2D eigenvalue weighted by molar-refractivity contribution is -0.115. The van der Waals surface area contributed by atoms with E-state index in [1.165, 1.54) is 5.69 Å². The highest BCUT2D eigenvalue weighted by Crippen LogP contribution is 2.24. The summed E-state index contributed by atoms with van der Waals surface area (Å²) >= 11 is 1.56. The standard InChI is InChI=1S/C21H23N3OS/c1-3-24(4-2)19-12-10-17(11-13-19)22-20(25)14-18-15-26-21(23-18)16-8-6-5-7-9-16/h5-13,15H,3-4,14H2,1-2H3,(H,22,25). The lowest BCUT2D eigenvalue weighted by atomic mass is 10.2. The second-order valence-electron chi connectivity index (χ2n) is 5.95. The molecule has 1 N–H and O–H groups in total. The summed E-state index contributed by atoms with van der Waals surface area (Å²) in [6.07, 6.45) is 0.279. The van der Waals surface area contributed by atoms with Crippen LogP contribution in [0.25, 0.3) is 10.6 Å².